The van der Waals surface area contributed by atoms with Crippen LogP contribution in [-0.2, 0) is 0 Å². The molecule has 0 radical (unpaired) electrons. The van der Waals surface area contributed by atoms with Gasteiger partial charge in [0.2, 0.25) is 5.56 Å². The Hall–Kier alpha value is -2.23. The Morgan fingerprint density at radius 3 is 2.62 bits per heavy atom. The summed E-state index contributed by atoms with van der Waals surface area (Å²) in [6.45, 7) is 1.83. The highest BCUT2D eigenvalue weighted by Crippen LogP contribution is 2.28. The number of hydrogen-bond donors (Lipinski definition) is 1. The highest BCUT2D eigenvalue weighted by Gasteiger charge is 2.05. The van der Waals surface area contributed by atoms with Crippen molar-refractivity contribution in [2.75, 3.05) is 0 Å². The van der Waals surface area contributed by atoms with E-state index in [2.05, 4.69) is 10.2 Å². The molecule has 0 aliphatic carbocycles. The second-order valence-electron chi connectivity index (χ2n) is 3.48. The summed E-state index contributed by atoms with van der Waals surface area (Å²) in [6.07, 6.45) is 1.62. The maximum absolute atomic E-state index is 10.9. The molecule has 0 aliphatic heterocycles. The number of aromatic amines is 1. The molecule has 1 aromatic heterocycles. The summed E-state index contributed by atoms with van der Waals surface area (Å²) in [4.78, 5) is 24.1. The summed E-state index contributed by atoms with van der Waals surface area (Å²) in [6, 6.07) is 8.49. The van der Waals surface area contributed by atoms with Gasteiger partial charge in [0.15, 0.2) is 0 Å². The van der Waals surface area contributed by atoms with Crippen molar-refractivity contribution in [2.24, 2.45) is 5.18 Å². The molecule has 1 N–H and O–H groups in total. The average molecular weight is 214 g/mol. The van der Waals surface area contributed by atoms with Gasteiger partial charge in [0.1, 0.15) is 5.69 Å². The van der Waals surface area contributed by atoms with Crippen LogP contribution in [0.1, 0.15) is 5.56 Å². The Balaban J connectivity index is 2.60. The van der Waals surface area contributed by atoms with E-state index in [0.717, 1.165) is 16.7 Å². The van der Waals surface area contributed by atoms with Crippen molar-refractivity contribution < 1.29 is 0 Å². The van der Waals surface area contributed by atoms with E-state index in [1.165, 1.54) is 6.07 Å². The molecule has 4 nitrogen and oxygen atoms in total. The molecule has 0 saturated heterocycles. The van der Waals surface area contributed by atoms with Crippen molar-refractivity contribution >= 4 is 5.69 Å². The van der Waals surface area contributed by atoms with Gasteiger partial charge < -0.3 is 4.98 Å². The highest BCUT2D eigenvalue weighted by atomic mass is 16.3. The smallest absolute Gasteiger partial charge is 0.247 e. The van der Waals surface area contributed by atoms with Crippen LogP contribution in [0.4, 0.5) is 5.69 Å². The van der Waals surface area contributed by atoms with E-state index in [1.54, 1.807) is 24.4 Å². The summed E-state index contributed by atoms with van der Waals surface area (Å²) in [7, 11) is 0. The Labute approximate surface area is 91.9 Å². The van der Waals surface area contributed by atoms with Crippen molar-refractivity contribution in [3.8, 4) is 11.1 Å². The third-order valence-electron chi connectivity index (χ3n) is 2.50. The minimum Gasteiger partial charge on any atom is -0.328 e. The van der Waals surface area contributed by atoms with E-state index in [4.69, 9.17) is 0 Å². The summed E-state index contributed by atoms with van der Waals surface area (Å²) in [5, 5.41) is 2.95. The van der Waals surface area contributed by atoms with Crippen LogP contribution in [0.5, 0.6) is 0 Å². The summed E-state index contributed by atoms with van der Waals surface area (Å²) in [5.74, 6) is 0. The minimum atomic E-state index is -0.147. The summed E-state index contributed by atoms with van der Waals surface area (Å²) >= 11 is 0. The molecule has 0 fully saturated rings. The lowest BCUT2D eigenvalue weighted by atomic mass is 10.0. The Morgan fingerprint density at radius 1 is 1.19 bits per heavy atom. The zero-order valence-corrected chi connectivity index (χ0v) is 8.73. The summed E-state index contributed by atoms with van der Waals surface area (Å²) in [5.41, 5.74) is 2.84. The second kappa shape index (κ2) is 4.10. The van der Waals surface area contributed by atoms with Crippen LogP contribution < -0.4 is 5.56 Å². The standard InChI is InChI=1S/C12H10N2O2/c1-8-10(3-2-4-11(8)14-16)9-5-6-12(15)13-7-9/h2-7H,1H3,(H,13,15). The fourth-order valence-electron chi connectivity index (χ4n) is 1.61. The maximum atomic E-state index is 10.9. The quantitative estimate of drug-likeness (QED) is 0.781. The van der Waals surface area contributed by atoms with Crippen molar-refractivity contribution in [2.45, 2.75) is 6.92 Å². The van der Waals surface area contributed by atoms with Crippen LogP contribution in [0.3, 0.4) is 0 Å². The van der Waals surface area contributed by atoms with Gasteiger partial charge in [0.25, 0.3) is 0 Å². The van der Waals surface area contributed by atoms with E-state index in [1.807, 2.05) is 13.0 Å². The predicted molar refractivity (Wildman–Crippen MR) is 62.7 cm³/mol. The Morgan fingerprint density at radius 2 is 2.00 bits per heavy atom. The molecule has 4 heteroatoms. The zero-order chi connectivity index (χ0) is 11.5. The monoisotopic (exact) mass is 214 g/mol. The Bertz CT molecular complexity index is 567. The molecule has 0 atom stereocenters. The fourth-order valence-corrected chi connectivity index (χ4v) is 1.61. The third kappa shape index (κ3) is 1.77. The van der Waals surface area contributed by atoms with Gasteiger partial charge >= 0.3 is 0 Å². The summed E-state index contributed by atoms with van der Waals surface area (Å²) < 4.78 is 0. The molecular formula is C12H10N2O2. The SMILES string of the molecule is Cc1c(N=O)cccc1-c1ccc(=O)[nH]c1. The first-order valence-corrected chi connectivity index (χ1v) is 4.84. The molecule has 0 saturated carbocycles. The van der Waals surface area contributed by atoms with Gasteiger partial charge in [-0.1, -0.05) is 12.1 Å². The van der Waals surface area contributed by atoms with Crippen LogP contribution in [0.15, 0.2) is 46.5 Å². The van der Waals surface area contributed by atoms with Crippen LogP contribution in [0.25, 0.3) is 11.1 Å². The number of nitrogens with one attached hydrogen (secondary N) is 1. The molecule has 0 amide bonds. The number of nitrogens with zero attached hydrogens (tertiary/aromatic N) is 1. The van der Waals surface area contributed by atoms with Crippen molar-refractivity contribution in [3.63, 3.8) is 0 Å². The molecule has 0 aliphatic rings. The molecule has 0 bridgehead atoms. The lowest BCUT2D eigenvalue weighted by Gasteiger charge is -2.06. The van der Waals surface area contributed by atoms with Gasteiger partial charge in [-0.15, -0.1) is 4.91 Å². The maximum Gasteiger partial charge on any atom is 0.247 e. The largest absolute Gasteiger partial charge is 0.328 e. The number of rotatable bonds is 2. The van der Waals surface area contributed by atoms with E-state index in [0.29, 0.717) is 5.69 Å². The molecular weight excluding hydrogens is 204 g/mol. The minimum absolute atomic E-state index is 0.147. The number of nitroso groups, excluding NO2 is 1. The fraction of sp³-hybridized carbons (Fsp3) is 0.0833. The second-order valence-corrected chi connectivity index (χ2v) is 3.48. The highest BCUT2D eigenvalue weighted by molar-refractivity contribution is 5.71. The molecule has 0 unspecified atom stereocenters. The van der Waals surface area contributed by atoms with Gasteiger partial charge in [-0.3, -0.25) is 4.79 Å². The molecule has 2 rings (SSSR count). The van der Waals surface area contributed by atoms with Gasteiger partial charge in [-0.05, 0) is 40.9 Å². The number of H-pyrrole nitrogens is 1. The molecule has 80 valence electrons. The predicted octanol–water partition coefficient (Wildman–Crippen LogP) is 2.75. The van der Waals surface area contributed by atoms with Crippen LogP contribution in [-0.4, -0.2) is 4.98 Å². The first-order chi connectivity index (χ1) is 7.72. The van der Waals surface area contributed by atoms with Gasteiger partial charge in [0, 0.05) is 12.3 Å². The Kier molecular flexibility index (Phi) is 2.64. The third-order valence-corrected chi connectivity index (χ3v) is 2.50. The van der Waals surface area contributed by atoms with Crippen molar-refractivity contribution in [1.29, 1.82) is 0 Å². The number of pyridine rings is 1. The topological polar surface area (TPSA) is 62.3 Å². The number of aromatic nitrogens is 1. The van der Waals surface area contributed by atoms with E-state index < -0.39 is 0 Å². The lowest BCUT2D eigenvalue weighted by Crippen LogP contribution is -2.01. The number of benzene rings is 1. The van der Waals surface area contributed by atoms with E-state index in [-0.39, 0.29) is 5.56 Å². The molecule has 1 heterocycles. The van der Waals surface area contributed by atoms with Gasteiger partial charge in [-0.2, -0.15) is 0 Å². The van der Waals surface area contributed by atoms with E-state index >= 15 is 0 Å². The normalized spacial score (nSPS) is 10.1. The number of hydrogen-bond acceptors (Lipinski definition) is 3. The van der Waals surface area contributed by atoms with Crippen molar-refractivity contribution in [1.82, 2.24) is 4.98 Å². The van der Waals surface area contributed by atoms with Gasteiger partial charge in [0.05, 0.1) is 0 Å². The van der Waals surface area contributed by atoms with Crippen LogP contribution in [0, 0.1) is 11.8 Å². The first kappa shape index (κ1) is 10.3. The van der Waals surface area contributed by atoms with E-state index in [9.17, 15) is 9.70 Å². The zero-order valence-electron chi connectivity index (χ0n) is 8.73. The molecule has 16 heavy (non-hydrogen) atoms. The first-order valence-electron chi connectivity index (χ1n) is 4.84. The average Bonchev–Trinajstić information content (AvgIpc) is 2.31. The van der Waals surface area contributed by atoms with Crippen LogP contribution >= 0.6 is 0 Å². The molecule has 1 aromatic carbocycles. The van der Waals surface area contributed by atoms with Crippen LogP contribution in [0.2, 0.25) is 0 Å². The molecule has 0 spiro atoms. The van der Waals surface area contributed by atoms with Gasteiger partial charge in [-0.25, -0.2) is 0 Å². The molecule has 2 aromatic rings. The van der Waals surface area contributed by atoms with Crippen molar-refractivity contribution in [3.05, 3.63) is 57.4 Å². The lowest BCUT2D eigenvalue weighted by molar-refractivity contribution is 1.24.